The predicted octanol–water partition coefficient (Wildman–Crippen LogP) is 3.15. The fourth-order valence-corrected chi connectivity index (χ4v) is 1.74. The Balaban J connectivity index is 2.96. The summed E-state index contributed by atoms with van der Waals surface area (Å²) in [4.78, 5) is 29.9. The first kappa shape index (κ1) is 19.7. The molecule has 0 bridgehead atoms. The highest BCUT2D eigenvalue weighted by molar-refractivity contribution is 5.92. The van der Waals surface area contributed by atoms with Gasteiger partial charge >= 0.3 is 6.09 Å². The van der Waals surface area contributed by atoms with E-state index in [1.807, 2.05) is 41.5 Å². The van der Waals surface area contributed by atoms with E-state index in [2.05, 4.69) is 10.4 Å². The normalized spacial score (nSPS) is 11.7. The lowest BCUT2D eigenvalue weighted by atomic mass is 10.1. The molecule has 0 saturated carbocycles. The Morgan fingerprint density at radius 1 is 1.08 bits per heavy atom. The first-order valence-electron chi connectivity index (χ1n) is 7.79. The summed E-state index contributed by atoms with van der Waals surface area (Å²) in [5, 5.41) is 1.41. The Morgan fingerprint density at radius 3 is 2.04 bits per heavy atom. The summed E-state index contributed by atoms with van der Waals surface area (Å²) in [7, 11) is 3.33. The SMILES string of the molecule is CN(C)C(=O)c1ccc(NN(C(=O)OC(C)(C)C)C(C)(C)C)cn1. The molecule has 0 atom stereocenters. The molecule has 1 heterocycles. The molecule has 24 heavy (non-hydrogen) atoms. The highest BCUT2D eigenvalue weighted by Crippen LogP contribution is 2.20. The fourth-order valence-electron chi connectivity index (χ4n) is 1.74. The van der Waals surface area contributed by atoms with E-state index in [1.54, 1.807) is 26.2 Å². The molecule has 1 aromatic rings. The largest absolute Gasteiger partial charge is 0.442 e. The number of carbonyl (C=O) groups is 2. The van der Waals surface area contributed by atoms with Crippen LogP contribution in [-0.2, 0) is 4.74 Å². The number of nitrogens with zero attached hydrogens (tertiary/aromatic N) is 3. The first-order valence-corrected chi connectivity index (χ1v) is 7.79. The maximum Gasteiger partial charge on any atom is 0.429 e. The van der Waals surface area contributed by atoms with Crippen molar-refractivity contribution in [3.8, 4) is 0 Å². The highest BCUT2D eigenvalue weighted by Gasteiger charge is 2.31. The number of nitrogens with one attached hydrogen (secondary N) is 1. The Kier molecular flexibility index (Phi) is 5.81. The van der Waals surface area contributed by atoms with Crippen LogP contribution in [0, 0.1) is 0 Å². The van der Waals surface area contributed by atoms with Gasteiger partial charge < -0.3 is 9.64 Å². The molecule has 7 heteroatoms. The molecular weight excluding hydrogens is 308 g/mol. The van der Waals surface area contributed by atoms with Gasteiger partial charge in [0.1, 0.15) is 11.3 Å². The van der Waals surface area contributed by atoms with Crippen LogP contribution < -0.4 is 5.43 Å². The summed E-state index contributed by atoms with van der Waals surface area (Å²) in [5.41, 5.74) is 2.83. The van der Waals surface area contributed by atoms with Crippen LogP contribution in [0.4, 0.5) is 10.5 Å². The molecule has 134 valence electrons. The zero-order chi connectivity index (χ0) is 18.7. The first-order chi connectivity index (χ1) is 10.8. The van der Waals surface area contributed by atoms with Gasteiger partial charge in [-0.3, -0.25) is 10.2 Å². The number of carbonyl (C=O) groups excluding carboxylic acids is 2. The molecule has 0 unspecified atom stereocenters. The number of ether oxygens (including phenoxy) is 1. The average molecular weight is 336 g/mol. The summed E-state index contributed by atoms with van der Waals surface area (Å²) >= 11 is 0. The van der Waals surface area contributed by atoms with E-state index in [1.165, 1.54) is 16.1 Å². The number of rotatable bonds is 3. The third kappa shape index (κ3) is 5.72. The molecular formula is C17H28N4O3. The summed E-state index contributed by atoms with van der Waals surface area (Å²) in [6.45, 7) is 11.1. The van der Waals surface area contributed by atoms with Crippen LogP contribution in [0.2, 0.25) is 0 Å². The van der Waals surface area contributed by atoms with Crippen LogP contribution in [0.3, 0.4) is 0 Å². The maximum atomic E-state index is 12.4. The Morgan fingerprint density at radius 2 is 1.67 bits per heavy atom. The predicted molar refractivity (Wildman–Crippen MR) is 93.7 cm³/mol. The third-order valence-electron chi connectivity index (χ3n) is 2.88. The molecule has 0 saturated heterocycles. The van der Waals surface area contributed by atoms with Crippen molar-refractivity contribution in [3.05, 3.63) is 24.0 Å². The number of anilines is 1. The molecule has 7 nitrogen and oxygen atoms in total. The van der Waals surface area contributed by atoms with Gasteiger partial charge in [0, 0.05) is 14.1 Å². The van der Waals surface area contributed by atoms with Gasteiger partial charge in [-0.15, -0.1) is 0 Å². The van der Waals surface area contributed by atoms with Crippen molar-refractivity contribution >= 4 is 17.7 Å². The Labute approximate surface area is 144 Å². The average Bonchev–Trinajstić information content (AvgIpc) is 2.41. The zero-order valence-corrected chi connectivity index (χ0v) is 15.8. The van der Waals surface area contributed by atoms with Crippen molar-refractivity contribution in [1.82, 2.24) is 14.9 Å². The minimum Gasteiger partial charge on any atom is -0.442 e. The summed E-state index contributed by atoms with van der Waals surface area (Å²) in [6, 6.07) is 3.31. The van der Waals surface area contributed by atoms with Crippen LogP contribution in [0.1, 0.15) is 52.0 Å². The van der Waals surface area contributed by atoms with Gasteiger partial charge in [-0.1, -0.05) is 0 Å². The van der Waals surface area contributed by atoms with Crippen LogP contribution in [-0.4, -0.2) is 52.1 Å². The molecule has 1 aromatic heterocycles. The smallest absolute Gasteiger partial charge is 0.429 e. The molecule has 0 fully saturated rings. The molecule has 1 N–H and O–H groups in total. The Bertz CT molecular complexity index is 583. The minimum atomic E-state index is -0.595. The van der Waals surface area contributed by atoms with Crippen molar-refractivity contribution in [1.29, 1.82) is 0 Å². The number of amides is 2. The second-order valence-electron chi connectivity index (χ2n) is 7.73. The van der Waals surface area contributed by atoms with E-state index in [4.69, 9.17) is 4.74 Å². The lowest BCUT2D eigenvalue weighted by molar-refractivity contribution is 0.0136. The van der Waals surface area contributed by atoms with E-state index in [9.17, 15) is 9.59 Å². The molecule has 1 rings (SSSR count). The van der Waals surface area contributed by atoms with Gasteiger partial charge in [0.15, 0.2) is 0 Å². The third-order valence-corrected chi connectivity index (χ3v) is 2.88. The number of pyridine rings is 1. The van der Waals surface area contributed by atoms with Gasteiger partial charge in [-0.25, -0.2) is 14.8 Å². The van der Waals surface area contributed by atoms with Crippen LogP contribution in [0.25, 0.3) is 0 Å². The summed E-state index contributed by atoms with van der Waals surface area (Å²) < 4.78 is 5.44. The van der Waals surface area contributed by atoms with Crippen molar-refractivity contribution in [2.24, 2.45) is 0 Å². The monoisotopic (exact) mass is 336 g/mol. The molecule has 0 aliphatic carbocycles. The van der Waals surface area contributed by atoms with E-state index in [-0.39, 0.29) is 5.91 Å². The van der Waals surface area contributed by atoms with Crippen molar-refractivity contribution in [3.63, 3.8) is 0 Å². The maximum absolute atomic E-state index is 12.4. The lowest BCUT2D eigenvalue weighted by Crippen LogP contribution is -2.51. The molecule has 0 aromatic carbocycles. The number of hydrogen-bond acceptors (Lipinski definition) is 5. The topological polar surface area (TPSA) is 74.8 Å². The quantitative estimate of drug-likeness (QED) is 0.858. The number of aromatic nitrogens is 1. The minimum absolute atomic E-state index is 0.179. The van der Waals surface area contributed by atoms with E-state index in [0.717, 1.165) is 0 Å². The molecule has 0 aliphatic rings. The van der Waals surface area contributed by atoms with Crippen molar-refractivity contribution in [2.75, 3.05) is 19.5 Å². The highest BCUT2D eigenvalue weighted by atomic mass is 16.6. The molecule has 0 aliphatic heterocycles. The lowest BCUT2D eigenvalue weighted by Gasteiger charge is -2.37. The van der Waals surface area contributed by atoms with Crippen molar-refractivity contribution in [2.45, 2.75) is 52.7 Å². The van der Waals surface area contributed by atoms with Crippen LogP contribution in [0.15, 0.2) is 18.3 Å². The van der Waals surface area contributed by atoms with E-state index < -0.39 is 17.2 Å². The van der Waals surface area contributed by atoms with Gasteiger partial charge in [0.05, 0.1) is 17.4 Å². The van der Waals surface area contributed by atoms with Gasteiger partial charge in [0.25, 0.3) is 5.91 Å². The number of hydrogen-bond donors (Lipinski definition) is 1. The summed E-state index contributed by atoms with van der Waals surface area (Å²) in [5.74, 6) is -0.179. The fraction of sp³-hybridized carbons (Fsp3) is 0.588. The van der Waals surface area contributed by atoms with Gasteiger partial charge in [-0.2, -0.15) is 0 Å². The molecule has 0 radical (unpaired) electrons. The van der Waals surface area contributed by atoms with E-state index >= 15 is 0 Å². The van der Waals surface area contributed by atoms with Gasteiger partial charge in [0.2, 0.25) is 0 Å². The van der Waals surface area contributed by atoms with Crippen molar-refractivity contribution < 1.29 is 14.3 Å². The summed E-state index contributed by atoms with van der Waals surface area (Å²) in [6.07, 6.45) is 1.03. The van der Waals surface area contributed by atoms with E-state index in [0.29, 0.717) is 11.4 Å². The second kappa shape index (κ2) is 7.07. The Hall–Kier alpha value is -2.31. The standard InChI is InChI=1S/C17H28N4O3/c1-16(2,3)21(15(23)24-17(4,5)6)19-12-9-10-13(18-11-12)14(22)20(7)8/h9-11,19H,1-8H3. The van der Waals surface area contributed by atoms with Gasteiger partial charge in [-0.05, 0) is 53.7 Å². The zero-order valence-electron chi connectivity index (χ0n) is 15.8. The second-order valence-corrected chi connectivity index (χ2v) is 7.73. The van der Waals surface area contributed by atoms with Crippen LogP contribution in [0.5, 0.6) is 0 Å². The number of hydrazine groups is 1. The van der Waals surface area contributed by atoms with Crippen LogP contribution >= 0.6 is 0 Å². The molecule has 0 spiro atoms. The molecule has 2 amide bonds.